The van der Waals surface area contributed by atoms with Gasteiger partial charge in [0.05, 0.1) is 6.42 Å². The van der Waals surface area contributed by atoms with Crippen molar-refractivity contribution in [2.75, 3.05) is 0 Å². The third kappa shape index (κ3) is 6.20. The van der Waals surface area contributed by atoms with E-state index in [0.29, 0.717) is 0 Å². The van der Waals surface area contributed by atoms with Crippen LogP contribution in [0.4, 0.5) is 0 Å². The van der Waals surface area contributed by atoms with E-state index in [-0.39, 0.29) is 11.8 Å². The summed E-state index contributed by atoms with van der Waals surface area (Å²) in [4.78, 5) is 10.4. The van der Waals surface area contributed by atoms with Crippen molar-refractivity contribution >= 4 is 5.97 Å². The predicted octanol–water partition coefficient (Wildman–Crippen LogP) is 3.07. The lowest BCUT2D eigenvalue weighted by molar-refractivity contribution is -0.139. The van der Waals surface area contributed by atoms with Crippen molar-refractivity contribution in [3.8, 4) is 0 Å². The summed E-state index contributed by atoms with van der Waals surface area (Å²) >= 11 is 0. The molecule has 1 N–H and O–H groups in total. The maximum absolute atomic E-state index is 10.4. The number of carboxylic acid groups (broad SMARTS) is 1. The zero-order valence-corrected chi connectivity index (χ0v) is 8.39. The highest BCUT2D eigenvalue weighted by Gasteiger charge is 2.20. The van der Waals surface area contributed by atoms with Crippen molar-refractivity contribution in [2.45, 2.75) is 52.9 Å². The molecule has 0 radical (unpaired) electrons. The van der Waals surface area contributed by atoms with Gasteiger partial charge >= 0.3 is 5.97 Å². The second-order valence-corrected chi connectivity index (χ2v) is 4.19. The number of carbonyl (C=O) groups is 1. The Balaban J connectivity index is 3.63. The highest BCUT2D eigenvalue weighted by atomic mass is 16.4. The third-order valence-electron chi connectivity index (χ3n) is 2.09. The Labute approximate surface area is 75.0 Å². The van der Waals surface area contributed by atoms with E-state index in [0.717, 1.165) is 12.8 Å². The van der Waals surface area contributed by atoms with Crippen LogP contribution in [0.5, 0.6) is 0 Å². The Morgan fingerprint density at radius 2 is 1.92 bits per heavy atom. The molecule has 0 bridgehead atoms. The molecule has 0 aliphatic rings. The minimum Gasteiger partial charge on any atom is -0.481 e. The SMILES string of the molecule is CCCCCC(C)(C)CC(=O)O. The molecule has 0 saturated carbocycles. The van der Waals surface area contributed by atoms with E-state index < -0.39 is 5.97 Å². The number of unbranched alkanes of at least 4 members (excludes halogenated alkanes) is 2. The fourth-order valence-corrected chi connectivity index (χ4v) is 1.35. The van der Waals surface area contributed by atoms with Crippen molar-refractivity contribution < 1.29 is 9.90 Å². The first-order valence-corrected chi connectivity index (χ1v) is 4.70. The van der Waals surface area contributed by atoms with E-state index in [1.165, 1.54) is 12.8 Å². The van der Waals surface area contributed by atoms with E-state index in [9.17, 15) is 4.79 Å². The van der Waals surface area contributed by atoms with Crippen LogP contribution >= 0.6 is 0 Å². The fraction of sp³-hybridized carbons (Fsp3) is 0.900. The summed E-state index contributed by atoms with van der Waals surface area (Å²) in [6.45, 7) is 6.21. The van der Waals surface area contributed by atoms with Gasteiger partial charge in [-0.2, -0.15) is 0 Å². The second-order valence-electron chi connectivity index (χ2n) is 4.19. The topological polar surface area (TPSA) is 37.3 Å². The van der Waals surface area contributed by atoms with Gasteiger partial charge in [0.1, 0.15) is 0 Å². The summed E-state index contributed by atoms with van der Waals surface area (Å²) in [6.07, 6.45) is 4.87. The molecule has 0 saturated heterocycles. The van der Waals surface area contributed by atoms with Crippen LogP contribution in [0, 0.1) is 5.41 Å². The van der Waals surface area contributed by atoms with E-state index in [2.05, 4.69) is 6.92 Å². The third-order valence-corrected chi connectivity index (χ3v) is 2.09. The minimum absolute atomic E-state index is 0.0268. The maximum Gasteiger partial charge on any atom is 0.303 e. The van der Waals surface area contributed by atoms with Crippen LogP contribution < -0.4 is 0 Å². The molecule has 0 unspecified atom stereocenters. The molecule has 0 spiro atoms. The first-order valence-electron chi connectivity index (χ1n) is 4.70. The van der Waals surface area contributed by atoms with Crippen molar-refractivity contribution in [2.24, 2.45) is 5.41 Å². The lowest BCUT2D eigenvalue weighted by atomic mass is 9.84. The molecule has 0 amide bonds. The molecule has 12 heavy (non-hydrogen) atoms. The summed E-state index contributed by atoms with van der Waals surface area (Å²) in [6, 6.07) is 0. The van der Waals surface area contributed by atoms with Gasteiger partial charge in [0.15, 0.2) is 0 Å². The Bertz CT molecular complexity index is 139. The highest BCUT2D eigenvalue weighted by molar-refractivity contribution is 5.67. The van der Waals surface area contributed by atoms with E-state index in [1.807, 2.05) is 13.8 Å². The Morgan fingerprint density at radius 3 is 2.33 bits per heavy atom. The van der Waals surface area contributed by atoms with Gasteiger partial charge in [0.25, 0.3) is 0 Å². The number of aliphatic carboxylic acids is 1. The van der Waals surface area contributed by atoms with E-state index >= 15 is 0 Å². The van der Waals surface area contributed by atoms with Crippen molar-refractivity contribution in [1.29, 1.82) is 0 Å². The minimum atomic E-state index is -0.684. The van der Waals surface area contributed by atoms with Crippen molar-refractivity contribution in [1.82, 2.24) is 0 Å². The van der Waals surface area contributed by atoms with E-state index in [1.54, 1.807) is 0 Å². The molecule has 2 nitrogen and oxygen atoms in total. The van der Waals surface area contributed by atoms with Gasteiger partial charge in [0, 0.05) is 0 Å². The molecule has 0 fully saturated rings. The van der Waals surface area contributed by atoms with Crippen LogP contribution in [-0.4, -0.2) is 11.1 Å². The molecule has 0 aromatic carbocycles. The molecule has 72 valence electrons. The predicted molar refractivity (Wildman–Crippen MR) is 50.2 cm³/mol. The Kier molecular flexibility index (Phi) is 4.95. The van der Waals surface area contributed by atoms with Gasteiger partial charge < -0.3 is 5.11 Å². The van der Waals surface area contributed by atoms with Crippen LogP contribution in [-0.2, 0) is 4.79 Å². The van der Waals surface area contributed by atoms with Crippen LogP contribution in [0.1, 0.15) is 52.9 Å². The second kappa shape index (κ2) is 5.18. The molecular weight excluding hydrogens is 152 g/mol. The van der Waals surface area contributed by atoms with Crippen LogP contribution in [0.3, 0.4) is 0 Å². The van der Waals surface area contributed by atoms with Crippen molar-refractivity contribution in [3.05, 3.63) is 0 Å². The molecule has 0 aliphatic heterocycles. The summed E-state index contributed by atoms with van der Waals surface area (Å²) in [5.41, 5.74) is -0.0268. The quantitative estimate of drug-likeness (QED) is 0.625. The monoisotopic (exact) mass is 172 g/mol. The van der Waals surface area contributed by atoms with Gasteiger partial charge in [-0.15, -0.1) is 0 Å². The molecule has 0 aromatic rings. The molecule has 0 heterocycles. The van der Waals surface area contributed by atoms with Crippen molar-refractivity contribution in [3.63, 3.8) is 0 Å². The first-order chi connectivity index (χ1) is 5.48. The highest BCUT2D eigenvalue weighted by Crippen LogP contribution is 2.27. The number of rotatable bonds is 6. The zero-order valence-electron chi connectivity index (χ0n) is 8.39. The summed E-state index contributed by atoms with van der Waals surface area (Å²) in [5, 5.41) is 8.61. The molecule has 0 aliphatic carbocycles. The molecule has 0 rings (SSSR count). The standard InChI is InChI=1S/C10H20O2/c1-4-5-6-7-10(2,3)8-9(11)12/h4-8H2,1-3H3,(H,11,12). The lowest BCUT2D eigenvalue weighted by Gasteiger charge is -2.21. The lowest BCUT2D eigenvalue weighted by Crippen LogP contribution is -2.16. The number of hydrogen-bond acceptors (Lipinski definition) is 1. The van der Waals surface area contributed by atoms with Crippen LogP contribution in [0.2, 0.25) is 0 Å². The van der Waals surface area contributed by atoms with Gasteiger partial charge in [-0.3, -0.25) is 4.79 Å². The number of carboxylic acids is 1. The summed E-state index contributed by atoms with van der Waals surface area (Å²) in [7, 11) is 0. The summed E-state index contributed by atoms with van der Waals surface area (Å²) < 4.78 is 0. The fourth-order valence-electron chi connectivity index (χ4n) is 1.35. The molecular formula is C10H20O2. The smallest absolute Gasteiger partial charge is 0.303 e. The maximum atomic E-state index is 10.4. The molecule has 0 aromatic heterocycles. The normalized spacial score (nSPS) is 11.6. The average molecular weight is 172 g/mol. The van der Waals surface area contributed by atoms with Gasteiger partial charge in [-0.25, -0.2) is 0 Å². The molecule has 0 atom stereocenters. The van der Waals surface area contributed by atoms with Gasteiger partial charge in [0.2, 0.25) is 0 Å². The number of hydrogen-bond donors (Lipinski definition) is 1. The first kappa shape index (κ1) is 11.5. The van der Waals surface area contributed by atoms with Gasteiger partial charge in [-0.1, -0.05) is 40.0 Å². The van der Waals surface area contributed by atoms with Crippen LogP contribution in [0.15, 0.2) is 0 Å². The zero-order chi connectivity index (χ0) is 9.61. The van der Waals surface area contributed by atoms with Crippen LogP contribution in [0.25, 0.3) is 0 Å². The largest absolute Gasteiger partial charge is 0.481 e. The average Bonchev–Trinajstić information content (AvgIpc) is 1.84. The Hall–Kier alpha value is -0.530. The van der Waals surface area contributed by atoms with E-state index in [4.69, 9.17) is 5.11 Å². The van der Waals surface area contributed by atoms with Gasteiger partial charge in [-0.05, 0) is 11.8 Å². The molecule has 2 heteroatoms. The Morgan fingerprint density at radius 1 is 1.33 bits per heavy atom. The summed E-state index contributed by atoms with van der Waals surface area (Å²) in [5.74, 6) is -0.684.